The van der Waals surface area contributed by atoms with Gasteiger partial charge in [-0.15, -0.1) is 10.2 Å². The van der Waals surface area contributed by atoms with Crippen molar-refractivity contribution in [1.82, 2.24) is 14.8 Å². The van der Waals surface area contributed by atoms with Gasteiger partial charge in [0, 0.05) is 18.7 Å². The maximum Gasteiger partial charge on any atom is 0.226 e. The number of nitrogens with zero attached hydrogens (tertiary/aromatic N) is 3. The van der Waals surface area contributed by atoms with Crippen molar-refractivity contribution < 1.29 is 4.79 Å². The first-order valence-electron chi connectivity index (χ1n) is 5.02. The van der Waals surface area contributed by atoms with Crippen LogP contribution in [-0.2, 0) is 11.3 Å². The topological polar surface area (TPSA) is 59.8 Å². The minimum Gasteiger partial charge on any atom is -0.326 e. The van der Waals surface area contributed by atoms with Crippen LogP contribution in [0.2, 0.25) is 0 Å². The van der Waals surface area contributed by atoms with Gasteiger partial charge in [0.15, 0.2) is 0 Å². The van der Waals surface area contributed by atoms with Crippen molar-refractivity contribution in [2.45, 2.75) is 13.0 Å². The van der Waals surface area contributed by atoms with E-state index < -0.39 is 0 Å². The second kappa shape index (κ2) is 5.06. The Morgan fingerprint density at radius 1 is 1.19 bits per heavy atom. The molecule has 1 aromatic heterocycles. The summed E-state index contributed by atoms with van der Waals surface area (Å²) in [6.45, 7) is 0.589. The Labute approximate surface area is 93.1 Å². The largest absolute Gasteiger partial charge is 0.326 e. The molecule has 16 heavy (non-hydrogen) atoms. The summed E-state index contributed by atoms with van der Waals surface area (Å²) in [7, 11) is 0. The van der Waals surface area contributed by atoms with Gasteiger partial charge in [-0.25, -0.2) is 0 Å². The zero-order valence-corrected chi connectivity index (χ0v) is 8.71. The van der Waals surface area contributed by atoms with Crippen molar-refractivity contribution in [3.63, 3.8) is 0 Å². The highest BCUT2D eigenvalue weighted by Crippen LogP contribution is 2.05. The van der Waals surface area contributed by atoms with Crippen molar-refractivity contribution in [1.29, 1.82) is 0 Å². The molecule has 5 nitrogen and oxygen atoms in total. The molecule has 0 radical (unpaired) electrons. The normalized spacial score (nSPS) is 10.0. The minimum atomic E-state index is -0.0140. The van der Waals surface area contributed by atoms with Gasteiger partial charge in [-0.1, -0.05) is 18.2 Å². The van der Waals surface area contributed by atoms with Crippen molar-refractivity contribution in [3.05, 3.63) is 43.0 Å². The molecule has 2 aromatic rings. The molecule has 0 bridgehead atoms. The van der Waals surface area contributed by atoms with Crippen LogP contribution in [0.15, 0.2) is 43.0 Å². The van der Waals surface area contributed by atoms with Gasteiger partial charge in [-0.05, 0) is 12.1 Å². The van der Waals surface area contributed by atoms with E-state index in [1.54, 1.807) is 17.2 Å². The molecule has 0 aliphatic carbocycles. The van der Waals surface area contributed by atoms with Gasteiger partial charge in [0.1, 0.15) is 12.7 Å². The van der Waals surface area contributed by atoms with E-state index in [4.69, 9.17) is 0 Å². The number of aryl methyl sites for hydroxylation is 1. The van der Waals surface area contributed by atoms with Crippen LogP contribution in [0.3, 0.4) is 0 Å². The molecule has 1 heterocycles. The summed E-state index contributed by atoms with van der Waals surface area (Å²) in [5, 5.41) is 10.1. The SMILES string of the molecule is O=C(CCn1cnnc1)Nc1ccccc1. The fraction of sp³-hybridized carbons (Fsp3) is 0.182. The first kappa shape index (κ1) is 10.4. The van der Waals surface area contributed by atoms with Crippen LogP contribution in [0.25, 0.3) is 0 Å². The summed E-state index contributed by atoms with van der Waals surface area (Å²) in [6, 6.07) is 9.39. The zero-order chi connectivity index (χ0) is 11.2. The number of benzene rings is 1. The van der Waals surface area contributed by atoms with Crippen LogP contribution in [0.5, 0.6) is 0 Å². The summed E-state index contributed by atoms with van der Waals surface area (Å²) in [6.07, 6.45) is 3.60. The zero-order valence-electron chi connectivity index (χ0n) is 8.71. The van der Waals surface area contributed by atoms with Gasteiger partial charge in [-0.3, -0.25) is 4.79 Å². The van der Waals surface area contributed by atoms with E-state index in [1.165, 1.54) is 0 Å². The number of carbonyl (C=O) groups excluding carboxylic acids is 1. The summed E-state index contributed by atoms with van der Waals surface area (Å²) in [4.78, 5) is 11.5. The van der Waals surface area contributed by atoms with Crippen LogP contribution in [0.1, 0.15) is 6.42 Å². The van der Waals surface area contributed by atoms with Gasteiger partial charge < -0.3 is 9.88 Å². The smallest absolute Gasteiger partial charge is 0.226 e. The van der Waals surface area contributed by atoms with Gasteiger partial charge in [-0.2, -0.15) is 0 Å². The van der Waals surface area contributed by atoms with Gasteiger partial charge in [0.2, 0.25) is 5.91 Å². The molecule has 0 unspecified atom stereocenters. The second-order valence-electron chi connectivity index (χ2n) is 3.36. The highest BCUT2D eigenvalue weighted by atomic mass is 16.1. The lowest BCUT2D eigenvalue weighted by Gasteiger charge is -2.04. The molecule has 5 heteroatoms. The molecule has 0 saturated carbocycles. The fourth-order valence-corrected chi connectivity index (χ4v) is 1.31. The number of para-hydroxylation sites is 1. The molecule has 0 aliphatic heterocycles. The highest BCUT2D eigenvalue weighted by Gasteiger charge is 2.01. The van der Waals surface area contributed by atoms with Crippen molar-refractivity contribution in [2.24, 2.45) is 0 Å². The fourth-order valence-electron chi connectivity index (χ4n) is 1.31. The predicted octanol–water partition coefficient (Wildman–Crippen LogP) is 1.31. The van der Waals surface area contributed by atoms with Crippen LogP contribution in [0, 0.1) is 0 Å². The number of anilines is 1. The van der Waals surface area contributed by atoms with E-state index in [0.717, 1.165) is 5.69 Å². The summed E-state index contributed by atoms with van der Waals surface area (Å²) >= 11 is 0. The molecule has 0 atom stereocenters. The number of hydrogen-bond donors (Lipinski definition) is 1. The lowest BCUT2D eigenvalue weighted by molar-refractivity contribution is -0.116. The average molecular weight is 216 g/mol. The lowest BCUT2D eigenvalue weighted by Crippen LogP contribution is -2.13. The molecule has 1 aromatic carbocycles. The number of amides is 1. The minimum absolute atomic E-state index is 0.0140. The van der Waals surface area contributed by atoms with Gasteiger partial charge in [0.25, 0.3) is 0 Å². The van der Waals surface area contributed by atoms with E-state index in [0.29, 0.717) is 13.0 Å². The maximum absolute atomic E-state index is 11.5. The molecule has 0 saturated heterocycles. The predicted molar refractivity (Wildman–Crippen MR) is 59.7 cm³/mol. The Morgan fingerprint density at radius 3 is 2.56 bits per heavy atom. The third-order valence-corrected chi connectivity index (χ3v) is 2.12. The molecule has 82 valence electrons. The number of hydrogen-bond acceptors (Lipinski definition) is 3. The first-order chi connectivity index (χ1) is 7.84. The molecule has 0 aliphatic rings. The number of carbonyl (C=O) groups is 1. The summed E-state index contributed by atoms with van der Waals surface area (Å²) in [5.74, 6) is -0.0140. The Hall–Kier alpha value is -2.17. The van der Waals surface area contributed by atoms with Gasteiger partial charge >= 0.3 is 0 Å². The monoisotopic (exact) mass is 216 g/mol. The standard InChI is InChI=1S/C11H12N4O/c16-11(6-7-15-8-12-13-9-15)14-10-4-2-1-3-5-10/h1-5,8-9H,6-7H2,(H,14,16). The van der Waals surface area contributed by atoms with E-state index in [2.05, 4.69) is 15.5 Å². The molecule has 1 amide bonds. The number of rotatable bonds is 4. The van der Waals surface area contributed by atoms with E-state index in [9.17, 15) is 4.79 Å². The van der Waals surface area contributed by atoms with Crippen molar-refractivity contribution >= 4 is 11.6 Å². The van der Waals surface area contributed by atoms with Crippen LogP contribution < -0.4 is 5.32 Å². The van der Waals surface area contributed by atoms with Crippen molar-refractivity contribution in [2.75, 3.05) is 5.32 Å². The summed E-state index contributed by atoms with van der Waals surface area (Å²) < 4.78 is 1.77. The third-order valence-electron chi connectivity index (χ3n) is 2.12. The molecular weight excluding hydrogens is 204 g/mol. The molecule has 0 spiro atoms. The van der Waals surface area contributed by atoms with Crippen LogP contribution >= 0.6 is 0 Å². The van der Waals surface area contributed by atoms with E-state index in [1.807, 2.05) is 30.3 Å². The van der Waals surface area contributed by atoms with Crippen molar-refractivity contribution in [3.8, 4) is 0 Å². The first-order valence-corrected chi connectivity index (χ1v) is 5.02. The number of nitrogens with one attached hydrogen (secondary N) is 1. The third kappa shape index (κ3) is 2.91. The quantitative estimate of drug-likeness (QED) is 0.838. The highest BCUT2D eigenvalue weighted by molar-refractivity contribution is 5.90. The van der Waals surface area contributed by atoms with E-state index >= 15 is 0 Å². The second-order valence-corrected chi connectivity index (χ2v) is 3.36. The van der Waals surface area contributed by atoms with Crippen LogP contribution in [0.4, 0.5) is 5.69 Å². The van der Waals surface area contributed by atoms with Crippen LogP contribution in [-0.4, -0.2) is 20.7 Å². The Morgan fingerprint density at radius 2 is 1.88 bits per heavy atom. The Bertz CT molecular complexity index is 438. The average Bonchev–Trinajstić information content (AvgIpc) is 2.81. The summed E-state index contributed by atoms with van der Waals surface area (Å²) in [5.41, 5.74) is 0.816. The molecular formula is C11H12N4O. The maximum atomic E-state index is 11.5. The number of aromatic nitrogens is 3. The molecule has 2 rings (SSSR count). The van der Waals surface area contributed by atoms with E-state index in [-0.39, 0.29) is 5.91 Å². The Balaban J connectivity index is 1.81. The van der Waals surface area contributed by atoms with Gasteiger partial charge in [0.05, 0.1) is 0 Å². The Kier molecular flexibility index (Phi) is 3.28. The molecule has 0 fully saturated rings. The molecule has 1 N–H and O–H groups in total. The lowest BCUT2D eigenvalue weighted by atomic mass is 10.3.